The Morgan fingerprint density at radius 1 is 1.23 bits per heavy atom. The lowest BCUT2D eigenvalue weighted by molar-refractivity contribution is 0.295. The maximum absolute atomic E-state index is 5.86. The van der Waals surface area contributed by atoms with Crippen molar-refractivity contribution in [3.63, 3.8) is 0 Å². The van der Waals surface area contributed by atoms with Crippen LogP contribution in [0.15, 0.2) is 41.4 Å². The van der Waals surface area contributed by atoms with Crippen molar-refractivity contribution in [2.24, 2.45) is 10.7 Å². The number of aliphatic imine (C=N–C) groups is 1. The van der Waals surface area contributed by atoms with Crippen LogP contribution in [0.3, 0.4) is 0 Å². The number of guanidine groups is 1. The molecule has 3 N–H and O–H groups in total. The lowest BCUT2D eigenvalue weighted by atomic mass is 10.1. The SMILES string of the molecule is C=C(C)CNC(N)=NCc1ccccc1CN(CC)CC.I. The minimum Gasteiger partial charge on any atom is -0.370 e. The predicted molar refractivity (Wildman–Crippen MR) is 107 cm³/mol. The molecule has 1 aromatic carbocycles. The average molecular weight is 416 g/mol. The zero-order chi connectivity index (χ0) is 15.7. The Morgan fingerprint density at radius 2 is 1.82 bits per heavy atom. The Balaban J connectivity index is 0.00000441. The maximum Gasteiger partial charge on any atom is 0.189 e. The third-order valence-electron chi connectivity index (χ3n) is 3.40. The van der Waals surface area contributed by atoms with E-state index in [1.807, 2.05) is 13.0 Å². The second-order valence-electron chi connectivity index (χ2n) is 5.24. The third-order valence-corrected chi connectivity index (χ3v) is 3.40. The van der Waals surface area contributed by atoms with Gasteiger partial charge < -0.3 is 11.1 Å². The molecule has 1 rings (SSSR count). The van der Waals surface area contributed by atoms with Gasteiger partial charge in [-0.1, -0.05) is 50.3 Å². The molecule has 1 aromatic rings. The Bertz CT molecular complexity index is 481. The Kier molecular flexibility index (Phi) is 10.9. The molecule has 5 heteroatoms. The summed E-state index contributed by atoms with van der Waals surface area (Å²) >= 11 is 0. The number of nitrogens with two attached hydrogens (primary N) is 1. The first-order chi connectivity index (χ1) is 10.1. The first-order valence-electron chi connectivity index (χ1n) is 7.54. The molecule has 0 radical (unpaired) electrons. The van der Waals surface area contributed by atoms with Gasteiger partial charge in [0.2, 0.25) is 0 Å². The molecule has 4 nitrogen and oxygen atoms in total. The van der Waals surface area contributed by atoms with Crippen LogP contribution in [0.4, 0.5) is 0 Å². The third kappa shape index (κ3) is 7.79. The number of nitrogens with zero attached hydrogens (tertiary/aromatic N) is 2. The number of benzene rings is 1. The second-order valence-corrected chi connectivity index (χ2v) is 5.24. The van der Waals surface area contributed by atoms with Gasteiger partial charge in [-0.05, 0) is 31.1 Å². The van der Waals surface area contributed by atoms with Gasteiger partial charge in [0.15, 0.2) is 5.96 Å². The molecule has 0 bridgehead atoms. The summed E-state index contributed by atoms with van der Waals surface area (Å²) < 4.78 is 0. The van der Waals surface area contributed by atoms with Gasteiger partial charge in [0, 0.05) is 13.1 Å². The molecule has 22 heavy (non-hydrogen) atoms. The summed E-state index contributed by atoms with van der Waals surface area (Å²) in [6.45, 7) is 14.5. The van der Waals surface area contributed by atoms with E-state index in [-0.39, 0.29) is 24.0 Å². The number of rotatable bonds is 8. The van der Waals surface area contributed by atoms with E-state index >= 15 is 0 Å². The van der Waals surface area contributed by atoms with Gasteiger partial charge in [0.05, 0.1) is 6.54 Å². The molecule has 124 valence electrons. The van der Waals surface area contributed by atoms with Crippen LogP contribution in [0.2, 0.25) is 0 Å². The number of nitrogens with one attached hydrogen (secondary N) is 1. The Labute approximate surface area is 151 Å². The fourth-order valence-electron chi connectivity index (χ4n) is 2.02. The number of hydrogen-bond donors (Lipinski definition) is 2. The molecular formula is C17H29IN4. The standard InChI is InChI=1S/C17H28N4.HI/c1-5-21(6-2)13-16-10-8-7-9-15(16)12-20-17(18)19-11-14(3)4;/h7-10H,3,5-6,11-13H2,1-2,4H3,(H3,18,19,20);1H. The Morgan fingerprint density at radius 3 is 2.36 bits per heavy atom. The minimum atomic E-state index is 0. The van der Waals surface area contributed by atoms with E-state index in [0.717, 1.165) is 25.2 Å². The summed E-state index contributed by atoms with van der Waals surface area (Å²) in [7, 11) is 0. The fourth-order valence-corrected chi connectivity index (χ4v) is 2.02. The van der Waals surface area contributed by atoms with Crippen LogP contribution in [0.1, 0.15) is 31.9 Å². The molecule has 0 aliphatic carbocycles. The topological polar surface area (TPSA) is 53.6 Å². The van der Waals surface area contributed by atoms with Crippen molar-refractivity contribution in [1.29, 1.82) is 0 Å². The minimum absolute atomic E-state index is 0. The van der Waals surface area contributed by atoms with Crippen LogP contribution in [-0.2, 0) is 13.1 Å². The lowest BCUT2D eigenvalue weighted by Crippen LogP contribution is -2.32. The van der Waals surface area contributed by atoms with Gasteiger partial charge in [-0.15, -0.1) is 24.0 Å². The highest BCUT2D eigenvalue weighted by molar-refractivity contribution is 14.0. The summed E-state index contributed by atoms with van der Waals surface area (Å²) in [6, 6.07) is 8.41. The second kappa shape index (κ2) is 11.5. The van der Waals surface area contributed by atoms with E-state index < -0.39 is 0 Å². The highest BCUT2D eigenvalue weighted by Crippen LogP contribution is 2.12. The van der Waals surface area contributed by atoms with E-state index in [1.54, 1.807) is 0 Å². The smallest absolute Gasteiger partial charge is 0.189 e. The molecule has 0 amide bonds. The summed E-state index contributed by atoms with van der Waals surface area (Å²) in [5.41, 5.74) is 9.44. The van der Waals surface area contributed by atoms with Crippen molar-refractivity contribution >= 4 is 29.9 Å². The average Bonchev–Trinajstić information content (AvgIpc) is 2.49. The quantitative estimate of drug-likeness (QED) is 0.296. The molecule has 0 saturated carbocycles. The van der Waals surface area contributed by atoms with Crippen LogP contribution >= 0.6 is 24.0 Å². The summed E-state index contributed by atoms with van der Waals surface area (Å²) in [4.78, 5) is 6.80. The monoisotopic (exact) mass is 416 g/mol. The van der Waals surface area contributed by atoms with E-state index in [4.69, 9.17) is 5.73 Å². The van der Waals surface area contributed by atoms with Crippen LogP contribution in [0.25, 0.3) is 0 Å². The van der Waals surface area contributed by atoms with Gasteiger partial charge in [0.25, 0.3) is 0 Å². The number of hydrogen-bond acceptors (Lipinski definition) is 2. The molecular weight excluding hydrogens is 387 g/mol. The first kappa shape index (κ1) is 20.9. The van der Waals surface area contributed by atoms with Crippen molar-refractivity contribution in [3.05, 3.63) is 47.5 Å². The first-order valence-corrected chi connectivity index (χ1v) is 7.54. The zero-order valence-electron chi connectivity index (χ0n) is 13.9. The van der Waals surface area contributed by atoms with Gasteiger partial charge >= 0.3 is 0 Å². The van der Waals surface area contributed by atoms with E-state index in [1.165, 1.54) is 11.1 Å². The largest absolute Gasteiger partial charge is 0.370 e. The van der Waals surface area contributed by atoms with Gasteiger partial charge in [0.1, 0.15) is 0 Å². The zero-order valence-corrected chi connectivity index (χ0v) is 16.3. The lowest BCUT2D eigenvalue weighted by Gasteiger charge is -2.19. The summed E-state index contributed by atoms with van der Waals surface area (Å²) in [5, 5.41) is 3.05. The van der Waals surface area contributed by atoms with Crippen LogP contribution in [0.5, 0.6) is 0 Å². The van der Waals surface area contributed by atoms with E-state index in [9.17, 15) is 0 Å². The summed E-state index contributed by atoms with van der Waals surface area (Å²) in [5.74, 6) is 0.468. The normalized spacial score (nSPS) is 11.2. The Hall–Kier alpha value is -1.08. The highest BCUT2D eigenvalue weighted by Gasteiger charge is 2.05. The fraction of sp³-hybridized carbons (Fsp3) is 0.471. The molecule has 0 heterocycles. The predicted octanol–water partition coefficient (Wildman–Crippen LogP) is 3.13. The molecule has 0 aliphatic rings. The molecule has 0 aliphatic heterocycles. The van der Waals surface area contributed by atoms with Gasteiger partial charge in [-0.2, -0.15) is 0 Å². The van der Waals surface area contributed by atoms with Crippen LogP contribution < -0.4 is 11.1 Å². The molecule has 0 aromatic heterocycles. The maximum atomic E-state index is 5.86. The molecule has 0 saturated heterocycles. The van der Waals surface area contributed by atoms with E-state index in [2.05, 4.69) is 53.8 Å². The number of halogens is 1. The van der Waals surface area contributed by atoms with Gasteiger partial charge in [-0.25, -0.2) is 4.99 Å². The van der Waals surface area contributed by atoms with Crippen molar-refractivity contribution in [3.8, 4) is 0 Å². The molecule has 0 atom stereocenters. The van der Waals surface area contributed by atoms with E-state index in [0.29, 0.717) is 19.0 Å². The van der Waals surface area contributed by atoms with Crippen LogP contribution in [0, 0.1) is 0 Å². The van der Waals surface area contributed by atoms with Crippen LogP contribution in [-0.4, -0.2) is 30.5 Å². The van der Waals surface area contributed by atoms with Crippen molar-refractivity contribution in [2.45, 2.75) is 33.9 Å². The highest BCUT2D eigenvalue weighted by atomic mass is 127. The van der Waals surface area contributed by atoms with Crippen molar-refractivity contribution in [1.82, 2.24) is 10.2 Å². The molecule has 0 unspecified atom stereocenters. The van der Waals surface area contributed by atoms with Crippen molar-refractivity contribution < 1.29 is 0 Å². The summed E-state index contributed by atoms with van der Waals surface area (Å²) in [6.07, 6.45) is 0. The van der Waals surface area contributed by atoms with Gasteiger partial charge in [-0.3, -0.25) is 4.90 Å². The molecule has 0 fully saturated rings. The molecule has 0 spiro atoms. The van der Waals surface area contributed by atoms with Crippen molar-refractivity contribution in [2.75, 3.05) is 19.6 Å².